The van der Waals surface area contributed by atoms with Crippen LogP contribution in [0.15, 0.2) is 23.1 Å². The van der Waals surface area contributed by atoms with E-state index in [1.54, 1.807) is 0 Å². The Labute approximate surface area is 128 Å². The number of nitriles is 1. The third-order valence-electron chi connectivity index (χ3n) is 3.44. The van der Waals surface area contributed by atoms with Crippen molar-refractivity contribution in [1.82, 2.24) is 4.31 Å². The molecule has 1 aromatic rings. The summed E-state index contributed by atoms with van der Waals surface area (Å²) < 4.78 is 26.7. The maximum absolute atomic E-state index is 12.7. The number of hydrogen-bond acceptors (Lipinski definition) is 3. The number of sulfonamides is 1. The summed E-state index contributed by atoms with van der Waals surface area (Å²) in [6, 6.07) is 6.12. The molecule has 0 N–H and O–H groups in total. The highest BCUT2D eigenvalue weighted by atomic mass is 35.5. The Balaban J connectivity index is 2.45. The smallest absolute Gasteiger partial charge is 0.207 e. The highest BCUT2D eigenvalue weighted by Crippen LogP contribution is 2.32. The monoisotopic (exact) mass is 332 g/mol. The molecule has 0 aliphatic heterocycles. The number of hydrogen-bond donors (Lipinski definition) is 0. The lowest BCUT2D eigenvalue weighted by Gasteiger charge is -2.26. The van der Waals surface area contributed by atoms with Gasteiger partial charge in [-0.05, 0) is 31.0 Å². The molecule has 7 heteroatoms. The molecular weight excluding hydrogens is 319 g/mol. The van der Waals surface area contributed by atoms with Crippen molar-refractivity contribution in [3.63, 3.8) is 0 Å². The van der Waals surface area contributed by atoms with Crippen molar-refractivity contribution >= 4 is 33.2 Å². The fourth-order valence-electron chi connectivity index (χ4n) is 2.47. The van der Waals surface area contributed by atoms with E-state index in [2.05, 4.69) is 0 Å². The van der Waals surface area contributed by atoms with E-state index in [0.717, 1.165) is 25.7 Å². The van der Waals surface area contributed by atoms with Crippen molar-refractivity contribution in [3.05, 3.63) is 28.2 Å². The summed E-state index contributed by atoms with van der Waals surface area (Å²) in [5.74, 6) is 0. The third kappa shape index (κ3) is 3.09. The largest absolute Gasteiger partial charge is 0.245 e. The Morgan fingerprint density at radius 3 is 2.55 bits per heavy atom. The minimum Gasteiger partial charge on any atom is -0.207 e. The summed E-state index contributed by atoms with van der Waals surface area (Å²) in [6.07, 6.45) is 3.51. The topological polar surface area (TPSA) is 61.2 Å². The zero-order valence-corrected chi connectivity index (χ0v) is 13.0. The molecule has 0 atom stereocenters. The van der Waals surface area contributed by atoms with Gasteiger partial charge in [0.2, 0.25) is 10.0 Å². The van der Waals surface area contributed by atoms with Gasteiger partial charge in [-0.2, -0.15) is 9.57 Å². The maximum Gasteiger partial charge on any atom is 0.245 e. The predicted octanol–water partition coefficient (Wildman–Crippen LogP) is 3.45. The minimum atomic E-state index is -3.81. The first-order valence-electron chi connectivity index (χ1n) is 6.30. The molecule has 20 heavy (non-hydrogen) atoms. The fourth-order valence-corrected chi connectivity index (χ4v) is 4.79. The Morgan fingerprint density at radius 1 is 1.30 bits per heavy atom. The van der Waals surface area contributed by atoms with E-state index in [-0.39, 0.29) is 22.5 Å². The predicted molar refractivity (Wildman–Crippen MR) is 78.2 cm³/mol. The van der Waals surface area contributed by atoms with Crippen LogP contribution in [0, 0.1) is 11.3 Å². The van der Waals surface area contributed by atoms with E-state index in [0.29, 0.717) is 5.02 Å². The number of nitrogens with zero attached hydrogens (tertiary/aromatic N) is 2. The standard InChI is InChI=1S/C13H14Cl2N2O2S/c14-10-5-6-12(15)13(9-10)20(18,19)17(8-7-16)11-3-1-2-4-11/h5-6,9,11H,1-4,8H2. The van der Waals surface area contributed by atoms with Gasteiger partial charge in [0.1, 0.15) is 11.4 Å². The zero-order chi connectivity index (χ0) is 14.8. The molecule has 0 bridgehead atoms. The van der Waals surface area contributed by atoms with Crippen molar-refractivity contribution in [2.75, 3.05) is 6.54 Å². The lowest BCUT2D eigenvalue weighted by molar-refractivity contribution is 0.350. The minimum absolute atomic E-state index is 0.0335. The summed E-state index contributed by atoms with van der Waals surface area (Å²) in [4.78, 5) is -0.0335. The molecule has 1 aliphatic carbocycles. The van der Waals surface area contributed by atoms with Crippen molar-refractivity contribution in [3.8, 4) is 6.07 Å². The second-order valence-corrected chi connectivity index (χ2v) is 7.42. The van der Waals surface area contributed by atoms with Crippen LogP contribution in [0.25, 0.3) is 0 Å². The van der Waals surface area contributed by atoms with Gasteiger partial charge in [-0.15, -0.1) is 0 Å². The molecule has 0 amide bonds. The average Bonchev–Trinajstić information content (AvgIpc) is 2.92. The Bertz CT molecular complexity index is 634. The van der Waals surface area contributed by atoms with Crippen LogP contribution in [0.4, 0.5) is 0 Å². The molecule has 0 spiro atoms. The Kier molecular flexibility index (Phi) is 4.92. The molecule has 4 nitrogen and oxygen atoms in total. The van der Waals surface area contributed by atoms with Gasteiger partial charge in [-0.25, -0.2) is 8.42 Å². The van der Waals surface area contributed by atoms with Crippen LogP contribution >= 0.6 is 23.2 Å². The van der Waals surface area contributed by atoms with Crippen LogP contribution in [-0.2, 0) is 10.0 Å². The van der Waals surface area contributed by atoms with E-state index >= 15 is 0 Å². The van der Waals surface area contributed by atoms with Gasteiger partial charge in [0.25, 0.3) is 0 Å². The molecule has 108 valence electrons. The van der Waals surface area contributed by atoms with Gasteiger partial charge in [0.05, 0.1) is 11.1 Å². The SMILES string of the molecule is N#CCN(C1CCCC1)S(=O)(=O)c1cc(Cl)ccc1Cl. The first kappa shape index (κ1) is 15.6. The van der Waals surface area contributed by atoms with E-state index in [1.807, 2.05) is 6.07 Å². The molecule has 0 unspecified atom stereocenters. The molecule has 1 aliphatic rings. The first-order chi connectivity index (χ1) is 9.46. The lowest BCUT2D eigenvalue weighted by atomic mass is 10.2. The zero-order valence-electron chi connectivity index (χ0n) is 10.7. The fraction of sp³-hybridized carbons (Fsp3) is 0.462. The molecule has 1 fully saturated rings. The molecule has 1 aromatic carbocycles. The summed E-state index contributed by atoms with van der Waals surface area (Å²) >= 11 is 11.8. The van der Waals surface area contributed by atoms with Crippen LogP contribution in [-0.4, -0.2) is 25.3 Å². The van der Waals surface area contributed by atoms with Gasteiger partial charge >= 0.3 is 0 Å². The van der Waals surface area contributed by atoms with Crippen molar-refractivity contribution in [2.24, 2.45) is 0 Å². The van der Waals surface area contributed by atoms with Crippen molar-refractivity contribution in [2.45, 2.75) is 36.6 Å². The summed E-state index contributed by atoms with van der Waals surface area (Å²) in [5.41, 5.74) is 0. The van der Waals surface area contributed by atoms with Gasteiger partial charge in [-0.1, -0.05) is 36.0 Å². The van der Waals surface area contributed by atoms with Crippen molar-refractivity contribution in [1.29, 1.82) is 5.26 Å². The van der Waals surface area contributed by atoms with Gasteiger partial charge in [0, 0.05) is 11.1 Å². The van der Waals surface area contributed by atoms with Crippen LogP contribution in [0.1, 0.15) is 25.7 Å². The second kappa shape index (κ2) is 6.31. The number of halogens is 2. The normalized spacial score (nSPS) is 16.5. The number of rotatable bonds is 4. The summed E-state index contributed by atoms with van der Waals surface area (Å²) in [7, 11) is -3.81. The van der Waals surface area contributed by atoms with Crippen molar-refractivity contribution < 1.29 is 8.42 Å². The molecule has 2 rings (SSSR count). The maximum atomic E-state index is 12.7. The molecular formula is C13H14Cl2N2O2S. The van der Waals surface area contributed by atoms with Gasteiger partial charge in [-0.3, -0.25) is 0 Å². The lowest BCUT2D eigenvalue weighted by Crippen LogP contribution is -2.39. The summed E-state index contributed by atoms with van der Waals surface area (Å²) in [5, 5.41) is 9.34. The first-order valence-corrected chi connectivity index (χ1v) is 8.50. The van der Waals surface area contributed by atoms with Crippen LogP contribution < -0.4 is 0 Å². The Hall–Kier alpha value is -0.800. The number of benzene rings is 1. The van der Waals surface area contributed by atoms with Crippen LogP contribution in [0.2, 0.25) is 10.0 Å². The highest BCUT2D eigenvalue weighted by Gasteiger charge is 2.34. The molecule has 0 heterocycles. The molecule has 0 saturated heterocycles. The molecule has 1 saturated carbocycles. The second-order valence-electron chi connectivity index (χ2n) is 4.72. The quantitative estimate of drug-likeness (QED) is 0.793. The van der Waals surface area contributed by atoms with E-state index in [4.69, 9.17) is 28.5 Å². The van der Waals surface area contributed by atoms with Gasteiger partial charge < -0.3 is 0 Å². The third-order valence-corrected chi connectivity index (χ3v) is 6.05. The molecule has 0 aromatic heterocycles. The highest BCUT2D eigenvalue weighted by molar-refractivity contribution is 7.89. The van der Waals surface area contributed by atoms with E-state index in [9.17, 15) is 8.42 Å². The Morgan fingerprint density at radius 2 is 1.95 bits per heavy atom. The van der Waals surface area contributed by atoms with E-state index < -0.39 is 10.0 Å². The van der Waals surface area contributed by atoms with Gasteiger partial charge in [0.15, 0.2) is 0 Å². The molecule has 0 radical (unpaired) electrons. The van der Waals surface area contributed by atoms with Crippen LogP contribution in [0.3, 0.4) is 0 Å². The van der Waals surface area contributed by atoms with E-state index in [1.165, 1.54) is 22.5 Å². The van der Waals surface area contributed by atoms with Crippen LogP contribution in [0.5, 0.6) is 0 Å². The average molecular weight is 333 g/mol. The summed E-state index contributed by atoms with van der Waals surface area (Å²) in [6.45, 7) is -0.171.